The molecular weight excluding hydrogens is 673 g/mol. The second-order valence-electron chi connectivity index (χ2n) is 13.6. The molecule has 4 bridgehead atoms. The summed E-state index contributed by atoms with van der Waals surface area (Å²) in [6.07, 6.45) is 7.70. The summed E-state index contributed by atoms with van der Waals surface area (Å²) in [6, 6.07) is 12.9. The van der Waals surface area contributed by atoms with Gasteiger partial charge >= 0.3 is 5.82 Å². The molecule has 0 unspecified atom stereocenters. The van der Waals surface area contributed by atoms with Gasteiger partial charge in [0.05, 0.1) is 22.7 Å². The van der Waals surface area contributed by atoms with Crippen molar-refractivity contribution in [1.29, 1.82) is 0 Å². The zero-order valence-corrected chi connectivity index (χ0v) is 30.5. The molecule has 51 heavy (non-hydrogen) atoms. The number of sulfonamides is 1. The lowest BCUT2D eigenvalue weighted by molar-refractivity contribution is -0.912. The van der Waals surface area contributed by atoms with Crippen LogP contribution < -0.4 is 18.5 Å². The van der Waals surface area contributed by atoms with Crippen LogP contribution in [-0.2, 0) is 21.3 Å². The summed E-state index contributed by atoms with van der Waals surface area (Å²) in [5.41, 5.74) is 3.31. The lowest BCUT2D eigenvalue weighted by atomic mass is 10.00. The third-order valence-corrected chi connectivity index (χ3v) is 10.9. The first kappa shape index (κ1) is 36.0. The maximum atomic E-state index is 14.5. The number of rotatable bonds is 9. The number of anilines is 1. The number of methoxy groups -OCH3 is 1. The van der Waals surface area contributed by atoms with Gasteiger partial charge in [-0.05, 0) is 90.9 Å². The van der Waals surface area contributed by atoms with Crippen LogP contribution in [0, 0.1) is 19.8 Å². The minimum atomic E-state index is -4.35. The zero-order chi connectivity index (χ0) is 36.3. The second kappa shape index (κ2) is 15.2. The van der Waals surface area contributed by atoms with Crippen LogP contribution in [0.25, 0.3) is 11.3 Å². The largest absolute Gasteiger partial charge is 0.483 e. The molecule has 270 valence electrons. The summed E-state index contributed by atoms with van der Waals surface area (Å²) in [6.45, 7) is 7.52. The predicted octanol–water partition coefficient (Wildman–Crippen LogP) is 5.25. The summed E-state index contributed by atoms with van der Waals surface area (Å²) >= 11 is 0. The van der Waals surface area contributed by atoms with Crippen molar-refractivity contribution in [2.45, 2.75) is 83.4 Å². The van der Waals surface area contributed by atoms with Crippen molar-refractivity contribution in [2.75, 3.05) is 24.8 Å². The molecule has 2 aromatic heterocycles. The first-order valence-electron chi connectivity index (χ1n) is 17.2. The average Bonchev–Trinajstić information content (AvgIpc) is 3.61. The second-order valence-corrected chi connectivity index (χ2v) is 15.4. The Bertz CT molecular complexity index is 1980. The van der Waals surface area contributed by atoms with Crippen LogP contribution in [0.3, 0.4) is 0 Å². The number of aryl methyl sites for hydroxylation is 2. The van der Waals surface area contributed by atoms with E-state index in [1.807, 2.05) is 45.9 Å². The van der Waals surface area contributed by atoms with Crippen molar-refractivity contribution in [1.82, 2.24) is 19.9 Å². The van der Waals surface area contributed by atoms with E-state index in [0.29, 0.717) is 17.9 Å². The SMILES string of the molecule is COCN1c2nc(cc(-c3c(C)cccc3C)n2)OC[C@@H](CC(C)C)N(Cc2ncc(OC3CCCC3)c[n+]2O)C(=O)c2cccc(c2)S1(=O)=O. The highest BCUT2D eigenvalue weighted by Crippen LogP contribution is 2.32. The number of fused-ring (bicyclic) bond motifs is 4. The Morgan fingerprint density at radius 3 is 2.47 bits per heavy atom. The van der Waals surface area contributed by atoms with Crippen LogP contribution in [-0.4, -0.2) is 72.0 Å². The molecule has 0 radical (unpaired) electrons. The number of amides is 1. The summed E-state index contributed by atoms with van der Waals surface area (Å²) in [5.74, 6) is 0.300. The van der Waals surface area contributed by atoms with Crippen molar-refractivity contribution in [3.8, 4) is 22.9 Å². The predicted molar refractivity (Wildman–Crippen MR) is 188 cm³/mol. The molecule has 1 saturated carbocycles. The van der Waals surface area contributed by atoms with Gasteiger partial charge in [0, 0.05) is 24.3 Å². The number of hydrogen-bond donors (Lipinski definition) is 1. The molecule has 1 fully saturated rings. The van der Waals surface area contributed by atoms with E-state index in [1.54, 1.807) is 23.2 Å². The Hall–Kier alpha value is -4.82. The van der Waals surface area contributed by atoms with Crippen LogP contribution >= 0.6 is 0 Å². The molecule has 3 heterocycles. The van der Waals surface area contributed by atoms with Gasteiger partial charge in [-0.3, -0.25) is 4.79 Å². The number of hydrogen-bond acceptors (Lipinski definition) is 10. The summed E-state index contributed by atoms with van der Waals surface area (Å²) < 4.78 is 48.2. The molecule has 13 nitrogen and oxygen atoms in total. The summed E-state index contributed by atoms with van der Waals surface area (Å²) in [4.78, 5) is 29.7. The van der Waals surface area contributed by atoms with Crippen LogP contribution in [0.15, 0.2) is 65.8 Å². The van der Waals surface area contributed by atoms with Gasteiger partial charge in [-0.1, -0.05) is 38.1 Å². The average molecular weight is 718 g/mol. The van der Waals surface area contributed by atoms with Gasteiger partial charge in [-0.2, -0.15) is 4.98 Å². The molecule has 1 N–H and O–H groups in total. The van der Waals surface area contributed by atoms with Crippen LogP contribution in [0.2, 0.25) is 0 Å². The lowest BCUT2D eigenvalue weighted by Gasteiger charge is -2.31. The van der Waals surface area contributed by atoms with Crippen molar-refractivity contribution >= 4 is 21.9 Å². The zero-order valence-electron chi connectivity index (χ0n) is 29.7. The highest BCUT2D eigenvalue weighted by molar-refractivity contribution is 7.92. The Balaban J connectivity index is 1.47. The topological polar surface area (TPSA) is 148 Å². The van der Waals surface area contributed by atoms with E-state index in [-0.39, 0.29) is 60.0 Å². The number of aromatic nitrogens is 4. The third-order valence-electron chi connectivity index (χ3n) is 9.21. The van der Waals surface area contributed by atoms with E-state index in [0.717, 1.165) is 51.4 Å². The maximum Gasteiger partial charge on any atom is 0.356 e. The fourth-order valence-electron chi connectivity index (χ4n) is 6.71. The number of benzene rings is 2. The molecule has 1 amide bonds. The first-order valence-corrected chi connectivity index (χ1v) is 18.7. The molecular formula is C37H45N6O7S+. The Morgan fingerprint density at radius 2 is 1.78 bits per heavy atom. The minimum Gasteiger partial charge on any atom is -0.483 e. The quantitative estimate of drug-likeness (QED) is 0.180. The molecule has 2 aromatic carbocycles. The molecule has 0 spiro atoms. The van der Waals surface area contributed by atoms with Crippen LogP contribution in [0.4, 0.5) is 5.95 Å². The fourth-order valence-corrected chi connectivity index (χ4v) is 8.03. The molecule has 4 aromatic rings. The molecule has 0 saturated heterocycles. The number of carbonyl (C=O) groups is 1. The molecule has 6 rings (SSSR count). The Kier molecular flexibility index (Phi) is 10.7. The first-order chi connectivity index (χ1) is 24.4. The van der Waals surface area contributed by atoms with Gasteiger partial charge in [0.15, 0.2) is 12.4 Å². The lowest BCUT2D eigenvalue weighted by Crippen LogP contribution is -2.48. The Labute approximate surface area is 298 Å². The normalized spacial score (nSPS) is 17.8. The smallest absolute Gasteiger partial charge is 0.356 e. The molecule has 2 aliphatic rings. The van der Waals surface area contributed by atoms with Gasteiger partial charge in [0.1, 0.15) is 19.9 Å². The van der Waals surface area contributed by atoms with E-state index in [2.05, 4.69) is 9.97 Å². The van der Waals surface area contributed by atoms with Gasteiger partial charge in [0.2, 0.25) is 17.6 Å². The number of nitrogens with zero attached hydrogens (tertiary/aromatic N) is 6. The molecule has 1 aliphatic carbocycles. The van der Waals surface area contributed by atoms with Crippen molar-refractivity contribution in [3.05, 3.63) is 83.4 Å². The van der Waals surface area contributed by atoms with Crippen molar-refractivity contribution in [3.63, 3.8) is 0 Å². The van der Waals surface area contributed by atoms with Crippen LogP contribution in [0.1, 0.15) is 73.3 Å². The van der Waals surface area contributed by atoms with Gasteiger partial charge < -0.3 is 24.3 Å². The molecule has 14 heteroatoms. The fraction of sp³-hybridized carbons (Fsp3) is 0.432. The van der Waals surface area contributed by atoms with Crippen molar-refractivity contribution < 1.29 is 37.4 Å². The van der Waals surface area contributed by atoms with Gasteiger partial charge in [-0.15, -0.1) is 0 Å². The minimum absolute atomic E-state index is 0.0115. The number of ether oxygens (including phenoxy) is 3. The van der Waals surface area contributed by atoms with Crippen LogP contribution in [0.5, 0.6) is 11.6 Å². The summed E-state index contributed by atoms with van der Waals surface area (Å²) in [7, 11) is -2.97. The van der Waals surface area contributed by atoms with E-state index in [9.17, 15) is 18.4 Å². The third kappa shape index (κ3) is 7.91. The van der Waals surface area contributed by atoms with Crippen molar-refractivity contribution in [2.24, 2.45) is 5.92 Å². The maximum absolute atomic E-state index is 14.5. The van der Waals surface area contributed by atoms with Gasteiger partial charge in [-0.25, -0.2) is 17.7 Å². The van der Waals surface area contributed by atoms with Gasteiger partial charge in [0.25, 0.3) is 15.9 Å². The number of carbonyl (C=O) groups excluding carboxylic acids is 1. The highest BCUT2D eigenvalue weighted by atomic mass is 32.2. The van der Waals surface area contributed by atoms with E-state index in [1.165, 1.54) is 31.5 Å². The van der Waals surface area contributed by atoms with E-state index >= 15 is 0 Å². The molecule has 1 aliphatic heterocycles. The summed E-state index contributed by atoms with van der Waals surface area (Å²) in [5, 5.41) is 11.1. The standard InChI is InChI=1S/C37H45N6O7S/c1-24(2)16-28-22-49-34-18-32(35-25(3)10-8-11-26(35)4)39-37(40-34)43(23-48-5)51(46,47)31-15-9-12-27(17-31)36(44)41(28)21-33-38-19-30(20-42(33)45)50-29-13-6-7-14-29/h8-12,15,17-20,24,28-29,45H,6-7,13-14,16,21-23H2,1-5H3/q+1/t28-/m1/s1. The molecule has 1 atom stereocenters. The van der Waals surface area contributed by atoms with E-state index < -0.39 is 22.0 Å². The Morgan fingerprint density at radius 1 is 1.06 bits per heavy atom. The van der Waals surface area contributed by atoms with E-state index in [4.69, 9.17) is 19.2 Å². The highest BCUT2D eigenvalue weighted by Gasteiger charge is 2.34. The monoisotopic (exact) mass is 717 g/mol.